The van der Waals surface area contributed by atoms with Gasteiger partial charge in [-0.15, -0.1) is 0 Å². The van der Waals surface area contributed by atoms with Crippen molar-refractivity contribution in [2.75, 3.05) is 0 Å². The molecule has 0 aliphatic carbocycles. The van der Waals surface area contributed by atoms with Crippen molar-refractivity contribution in [1.29, 1.82) is 0 Å². The first-order valence-electron chi connectivity index (χ1n) is 17.2. The van der Waals surface area contributed by atoms with Crippen LogP contribution in [0.2, 0.25) is 0 Å². The van der Waals surface area contributed by atoms with Gasteiger partial charge in [0.2, 0.25) is 0 Å². The van der Waals surface area contributed by atoms with E-state index in [9.17, 15) is 19.2 Å². The highest BCUT2D eigenvalue weighted by Crippen LogP contribution is 2.36. The molecular weight excluding hydrogens is 650 g/mol. The molecule has 0 spiro atoms. The van der Waals surface area contributed by atoms with Crippen LogP contribution in [-0.2, 0) is 53.0 Å². The number of carbonyl (C=O) groups excluding carboxylic acids is 4. The van der Waals surface area contributed by atoms with E-state index in [0.717, 1.165) is 11.1 Å². The molecule has 0 saturated heterocycles. The number of esters is 3. The summed E-state index contributed by atoms with van der Waals surface area (Å²) < 4.78 is 28.7. The van der Waals surface area contributed by atoms with Gasteiger partial charge in [-0.3, -0.25) is 9.59 Å². The highest BCUT2D eigenvalue weighted by molar-refractivity contribution is 6.00. The summed E-state index contributed by atoms with van der Waals surface area (Å²) in [5, 5.41) is 2.59. The number of hydrogen-bond donors (Lipinski definition) is 1. The summed E-state index contributed by atoms with van der Waals surface area (Å²) in [6, 6.07) is 24.6. The van der Waals surface area contributed by atoms with E-state index >= 15 is 0 Å². The number of amides is 1. The average molecular weight is 704 g/mol. The van der Waals surface area contributed by atoms with Gasteiger partial charge in [-0.05, 0) is 110 Å². The molecule has 1 amide bonds. The molecule has 1 N–H and O–H groups in total. The van der Waals surface area contributed by atoms with Gasteiger partial charge in [0.15, 0.2) is 5.41 Å². The van der Waals surface area contributed by atoms with E-state index in [0.29, 0.717) is 17.9 Å². The molecule has 0 fully saturated rings. The fourth-order valence-corrected chi connectivity index (χ4v) is 5.01. The Morgan fingerprint density at radius 1 is 0.588 bits per heavy atom. The summed E-state index contributed by atoms with van der Waals surface area (Å²) in [6.07, 6.45) is -1.38. The maximum absolute atomic E-state index is 14.3. The molecule has 0 aliphatic heterocycles. The van der Waals surface area contributed by atoms with Gasteiger partial charge in [-0.1, -0.05) is 72.8 Å². The normalized spacial score (nSPS) is 13.6. The van der Waals surface area contributed by atoms with Crippen molar-refractivity contribution in [2.24, 2.45) is 5.41 Å². The van der Waals surface area contributed by atoms with Crippen LogP contribution in [0.1, 0.15) is 91.8 Å². The molecule has 0 radical (unpaired) electrons. The predicted molar refractivity (Wildman–Crippen MR) is 194 cm³/mol. The SMILES string of the molecule is CC(C)(C)OC(=O)N[C@H](CCC(Cc1ccc(OCc2ccccc2)cc1)(C(=O)OCc1ccccc1)C(=O)OC(C)(C)C)C(=O)OC(C)(C)C. The van der Waals surface area contributed by atoms with Crippen LogP contribution in [0, 0.1) is 5.41 Å². The molecule has 0 bridgehead atoms. The summed E-state index contributed by atoms with van der Waals surface area (Å²) in [5.41, 5.74) is -2.26. The molecule has 0 saturated carbocycles. The van der Waals surface area contributed by atoms with E-state index in [1.165, 1.54) is 0 Å². The Hall–Kier alpha value is -4.86. The molecule has 3 rings (SSSR count). The van der Waals surface area contributed by atoms with Crippen LogP contribution in [-0.4, -0.2) is 46.8 Å². The van der Waals surface area contributed by atoms with Crippen LogP contribution in [0.5, 0.6) is 5.75 Å². The molecule has 276 valence electrons. The van der Waals surface area contributed by atoms with Gasteiger partial charge >= 0.3 is 24.0 Å². The van der Waals surface area contributed by atoms with E-state index in [4.69, 9.17) is 23.7 Å². The molecule has 0 aliphatic rings. The standard InChI is InChI=1S/C41H53NO9/c1-38(2,3)49-34(43)33(42-37(46)51-40(7,8)9)24-25-41(36(45)50-39(4,5)6,35(44)48-28-31-18-14-11-15-19-31)26-29-20-22-32(23-21-29)47-27-30-16-12-10-13-17-30/h10-23,33H,24-28H2,1-9H3,(H,42,46)/t33-,41?/m1/s1. The zero-order chi connectivity index (χ0) is 37.9. The Morgan fingerprint density at radius 3 is 1.61 bits per heavy atom. The minimum absolute atomic E-state index is 0.0951. The van der Waals surface area contributed by atoms with Gasteiger partial charge in [0.1, 0.15) is 41.8 Å². The Balaban J connectivity index is 2.02. The van der Waals surface area contributed by atoms with Gasteiger partial charge in [0, 0.05) is 0 Å². The lowest BCUT2D eigenvalue weighted by molar-refractivity contribution is -0.182. The fourth-order valence-electron chi connectivity index (χ4n) is 5.01. The zero-order valence-corrected chi connectivity index (χ0v) is 31.4. The lowest BCUT2D eigenvalue weighted by atomic mass is 9.76. The maximum Gasteiger partial charge on any atom is 0.408 e. The Kier molecular flexibility index (Phi) is 13.8. The van der Waals surface area contributed by atoms with Crippen molar-refractivity contribution < 1.29 is 42.9 Å². The largest absolute Gasteiger partial charge is 0.489 e. The smallest absolute Gasteiger partial charge is 0.408 e. The number of benzene rings is 3. The van der Waals surface area contributed by atoms with Crippen LogP contribution >= 0.6 is 0 Å². The molecule has 0 aromatic heterocycles. The maximum atomic E-state index is 14.3. The predicted octanol–water partition coefficient (Wildman–Crippen LogP) is 7.89. The second-order valence-electron chi connectivity index (χ2n) is 15.5. The highest BCUT2D eigenvalue weighted by atomic mass is 16.6. The second-order valence-corrected chi connectivity index (χ2v) is 15.5. The van der Waals surface area contributed by atoms with Crippen LogP contribution < -0.4 is 10.1 Å². The van der Waals surface area contributed by atoms with E-state index < -0.39 is 52.3 Å². The van der Waals surface area contributed by atoms with Crippen molar-refractivity contribution >= 4 is 24.0 Å². The summed E-state index contributed by atoms with van der Waals surface area (Å²) >= 11 is 0. The fraction of sp³-hybridized carbons (Fsp3) is 0.463. The number of ether oxygens (including phenoxy) is 5. The first kappa shape index (κ1) is 40.6. The minimum Gasteiger partial charge on any atom is -0.489 e. The van der Waals surface area contributed by atoms with Crippen molar-refractivity contribution in [2.45, 2.75) is 118 Å². The molecule has 10 heteroatoms. The van der Waals surface area contributed by atoms with E-state index in [1.807, 2.05) is 48.5 Å². The van der Waals surface area contributed by atoms with E-state index in [2.05, 4.69) is 5.32 Å². The Bertz CT molecular complexity index is 1580. The van der Waals surface area contributed by atoms with Gasteiger partial charge in [0.25, 0.3) is 0 Å². The van der Waals surface area contributed by atoms with Crippen LogP contribution in [0.15, 0.2) is 84.9 Å². The van der Waals surface area contributed by atoms with Crippen molar-refractivity contribution in [3.8, 4) is 5.75 Å². The summed E-state index contributed by atoms with van der Waals surface area (Å²) in [4.78, 5) is 55.0. The second kappa shape index (κ2) is 17.4. The number of rotatable bonds is 14. The molecular formula is C41H53NO9. The van der Waals surface area contributed by atoms with Gasteiger partial charge in [-0.25, -0.2) is 9.59 Å². The molecule has 3 aromatic carbocycles. The molecule has 1 unspecified atom stereocenters. The highest BCUT2D eigenvalue weighted by Gasteiger charge is 2.51. The van der Waals surface area contributed by atoms with E-state index in [-0.39, 0.29) is 25.9 Å². The molecule has 3 aromatic rings. The lowest BCUT2D eigenvalue weighted by Gasteiger charge is -2.34. The number of carbonyl (C=O) groups is 4. The third-order valence-corrected chi connectivity index (χ3v) is 7.31. The first-order chi connectivity index (χ1) is 23.7. The minimum atomic E-state index is -1.93. The summed E-state index contributed by atoms with van der Waals surface area (Å²) in [6.45, 7) is 15.6. The topological polar surface area (TPSA) is 126 Å². The zero-order valence-electron chi connectivity index (χ0n) is 31.4. The Morgan fingerprint density at radius 2 is 1.10 bits per heavy atom. The van der Waals surface area contributed by atoms with E-state index in [1.54, 1.807) is 98.7 Å². The monoisotopic (exact) mass is 703 g/mol. The summed E-state index contributed by atoms with van der Waals surface area (Å²) in [5.74, 6) is -1.80. The van der Waals surface area contributed by atoms with Gasteiger partial charge < -0.3 is 29.0 Å². The number of nitrogens with one attached hydrogen (secondary N) is 1. The van der Waals surface area contributed by atoms with Gasteiger partial charge in [-0.2, -0.15) is 0 Å². The average Bonchev–Trinajstić information content (AvgIpc) is 3.03. The van der Waals surface area contributed by atoms with Crippen LogP contribution in [0.3, 0.4) is 0 Å². The van der Waals surface area contributed by atoms with Crippen molar-refractivity contribution in [3.05, 3.63) is 102 Å². The quantitative estimate of drug-likeness (QED) is 0.101. The van der Waals surface area contributed by atoms with Crippen LogP contribution in [0.25, 0.3) is 0 Å². The third-order valence-electron chi connectivity index (χ3n) is 7.31. The number of hydrogen-bond acceptors (Lipinski definition) is 9. The van der Waals surface area contributed by atoms with Crippen molar-refractivity contribution in [1.82, 2.24) is 5.32 Å². The molecule has 10 nitrogen and oxygen atoms in total. The summed E-state index contributed by atoms with van der Waals surface area (Å²) in [7, 11) is 0. The Labute approximate surface area is 302 Å². The van der Waals surface area contributed by atoms with Crippen molar-refractivity contribution in [3.63, 3.8) is 0 Å². The van der Waals surface area contributed by atoms with Gasteiger partial charge in [0.05, 0.1) is 0 Å². The van der Waals surface area contributed by atoms with Crippen LogP contribution in [0.4, 0.5) is 4.79 Å². The molecule has 51 heavy (non-hydrogen) atoms. The molecule has 2 atom stereocenters. The lowest BCUT2D eigenvalue weighted by Crippen LogP contribution is -2.50. The number of alkyl carbamates (subject to hydrolysis) is 1. The third kappa shape index (κ3) is 14.1. The molecule has 0 heterocycles. The first-order valence-corrected chi connectivity index (χ1v) is 17.2.